The third-order valence-corrected chi connectivity index (χ3v) is 8.62. The van der Waals surface area contributed by atoms with E-state index in [-0.39, 0.29) is 16.8 Å². The summed E-state index contributed by atoms with van der Waals surface area (Å²) in [5.41, 5.74) is 10.5. The van der Waals surface area contributed by atoms with Gasteiger partial charge in [-0.1, -0.05) is 26.3 Å². The largest absolute Gasteiger partial charge is 0.397 e. The average Bonchev–Trinajstić information content (AvgIpc) is 2.91. The molecule has 1 saturated carbocycles. The molecular weight excluding hydrogens is 503 g/mol. The molecule has 0 amide bonds. The Balaban J connectivity index is 1.48. The molecule has 9 heteroatoms. The third kappa shape index (κ3) is 4.83. The fraction of sp³-hybridized carbons (Fsp3) is 0.419. The third-order valence-electron chi connectivity index (χ3n) is 8.62. The van der Waals surface area contributed by atoms with Gasteiger partial charge in [0.2, 0.25) is 0 Å². The van der Waals surface area contributed by atoms with E-state index in [1.54, 1.807) is 12.1 Å². The van der Waals surface area contributed by atoms with Crippen LogP contribution in [0, 0.1) is 11.2 Å². The van der Waals surface area contributed by atoms with Crippen molar-refractivity contribution in [1.82, 2.24) is 30.6 Å². The summed E-state index contributed by atoms with van der Waals surface area (Å²) in [6.07, 6.45) is 15.7. The summed E-state index contributed by atoms with van der Waals surface area (Å²) in [7, 11) is 2.17. The van der Waals surface area contributed by atoms with Gasteiger partial charge in [-0.25, -0.2) is 14.4 Å². The minimum Gasteiger partial charge on any atom is -0.397 e. The normalized spacial score (nSPS) is 21.3. The summed E-state index contributed by atoms with van der Waals surface area (Å²) in [6, 6.07) is 3.22. The second kappa shape index (κ2) is 10.6. The second-order valence-electron chi connectivity index (χ2n) is 11.8. The number of nitrogens with one attached hydrogen (secondary N) is 2. The van der Waals surface area contributed by atoms with Crippen LogP contribution < -0.4 is 21.3 Å². The first-order valence-electron chi connectivity index (χ1n) is 14.1. The van der Waals surface area contributed by atoms with Crippen molar-refractivity contribution >= 4 is 28.0 Å². The number of hydrogen-bond acceptors (Lipinski definition) is 8. The van der Waals surface area contributed by atoms with Gasteiger partial charge < -0.3 is 21.3 Å². The summed E-state index contributed by atoms with van der Waals surface area (Å²) in [5, 5.41) is 7.90. The minimum absolute atomic E-state index is 0.0666. The van der Waals surface area contributed by atoms with E-state index in [9.17, 15) is 4.39 Å². The number of allylic oxidation sites excluding steroid dienone is 3. The standard InChI is InChI=1S/C31H37FN8/c1-31(2)18-35-13-10-26(31)40(3)30-27-22(19-6-4-7-19)16-36-17-25(27)38-29(39-30)21-9-12-34-15-20(21)14-24(33)28-23(32)8-5-11-37-28/h5,8-9,11,14-17,19,26,34-35H,4,6-7,10,12-13,18,33H2,1-3H3/b24-14-. The molecular formula is C31H37FN8. The van der Waals surface area contributed by atoms with E-state index < -0.39 is 5.82 Å². The molecule has 1 unspecified atom stereocenters. The van der Waals surface area contributed by atoms with Crippen LogP contribution in [0.15, 0.2) is 54.6 Å². The lowest BCUT2D eigenvalue weighted by Gasteiger charge is -2.45. The van der Waals surface area contributed by atoms with Crippen molar-refractivity contribution in [2.75, 3.05) is 31.6 Å². The van der Waals surface area contributed by atoms with Crippen LogP contribution in [-0.2, 0) is 0 Å². The van der Waals surface area contributed by atoms with Crippen LogP contribution in [-0.4, -0.2) is 52.7 Å². The molecule has 1 aliphatic carbocycles. The molecule has 5 heterocycles. The van der Waals surface area contributed by atoms with Gasteiger partial charge in [-0.2, -0.15) is 0 Å². The highest BCUT2D eigenvalue weighted by Crippen LogP contribution is 2.43. The van der Waals surface area contributed by atoms with Crippen molar-refractivity contribution in [2.45, 2.75) is 51.5 Å². The van der Waals surface area contributed by atoms with Crippen molar-refractivity contribution in [3.63, 3.8) is 0 Å². The van der Waals surface area contributed by atoms with Gasteiger partial charge in [0, 0.05) is 61.3 Å². The van der Waals surface area contributed by atoms with Gasteiger partial charge in [0.15, 0.2) is 11.6 Å². The Morgan fingerprint density at radius 1 is 1.20 bits per heavy atom. The quantitative estimate of drug-likeness (QED) is 0.419. The van der Waals surface area contributed by atoms with E-state index in [1.165, 1.54) is 37.1 Å². The lowest BCUT2D eigenvalue weighted by Crippen LogP contribution is -2.53. The Morgan fingerprint density at radius 2 is 2.05 bits per heavy atom. The average molecular weight is 541 g/mol. The Kier molecular flexibility index (Phi) is 7.00. The lowest BCUT2D eigenvalue weighted by molar-refractivity contribution is 0.215. The van der Waals surface area contributed by atoms with E-state index in [1.807, 2.05) is 18.6 Å². The van der Waals surface area contributed by atoms with E-state index in [4.69, 9.17) is 15.7 Å². The number of piperidine rings is 1. The zero-order chi connectivity index (χ0) is 27.9. The molecule has 2 aliphatic heterocycles. The summed E-state index contributed by atoms with van der Waals surface area (Å²) >= 11 is 0. The number of pyridine rings is 2. The maximum atomic E-state index is 14.4. The Bertz CT molecular complexity index is 1520. The molecule has 3 aliphatic rings. The van der Waals surface area contributed by atoms with Crippen LogP contribution >= 0.6 is 0 Å². The molecule has 1 atom stereocenters. The fourth-order valence-electron chi connectivity index (χ4n) is 6.22. The number of halogens is 1. The SMILES string of the molecule is CN(c1nc(C2=CCNC=C2/C=C(\N)c2ncccc2F)nc2cncc(C3CCC3)c12)C1CCNCC1(C)C. The predicted octanol–water partition coefficient (Wildman–Crippen LogP) is 4.52. The van der Waals surface area contributed by atoms with Gasteiger partial charge in [-0.15, -0.1) is 0 Å². The number of rotatable bonds is 6. The maximum absolute atomic E-state index is 14.4. The predicted molar refractivity (Wildman–Crippen MR) is 158 cm³/mol. The number of aromatic nitrogens is 4. The number of fused-ring (bicyclic) bond motifs is 1. The molecule has 208 valence electrons. The van der Waals surface area contributed by atoms with E-state index in [0.717, 1.165) is 47.4 Å². The van der Waals surface area contributed by atoms with Crippen LogP contribution in [0.4, 0.5) is 10.2 Å². The van der Waals surface area contributed by atoms with Gasteiger partial charge in [0.05, 0.1) is 17.4 Å². The summed E-state index contributed by atoms with van der Waals surface area (Å²) in [5.74, 6) is 1.57. The fourth-order valence-corrected chi connectivity index (χ4v) is 6.22. The molecule has 4 N–H and O–H groups in total. The lowest BCUT2D eigenvalue weighted by atomic mass is 9.78. The Labute approximate surface area is 234 Å². The van der Waals surface area contributed by atoms with Crippen LogP contribution in [0.25, 0.3) is 22.2 Å². The highest BCUT2D eigenvalue weighted by molar-refractivity contribution is 5.95. The molecule has 6 rings (SSSR count). The van der Waals surface area contributed by atoms with Gasteiger partial charge in [-0.05, 0) is 60.9 Å². The number of dihydropyridines is 1. The molecule has 0 aromatic carbocycles. The summed E-state index contributed by atoms with van der Waals surface area (Å²) in [6.45, 7) is 7.19. The van der Waals surface area contributed by atoms with Crippen molar-refractivity contribution in [1.29, 1.82) is 0 Å². The van der Waals surface area contributed by atoms with Gasteiger partial charge in [0.1, 0.15) is 11.5 Å². The molecule has 2 fully saturated rings. The molecule has 3 aromatic rings. The van der Waals surface area contributed by atoms with Crippen molar-refractivity contribution in [3.8, 4) is 0 Å². The number of nitrogens with zero attached hydrogens (tertiary/aromatic N) is 5. The monoisotopic (exact) mass is 540 g/mol. The van der Waals surface area contributed by atoms with E-state index in [0.29, 0.717) is 24.3 Å². The molecule has 0 bridgehead atoms. The number of anilines is 1. The molecule has 0 spiro atoms. The molecule has 40 heavy (non-hydrogen) atoms. The maximum Gasteiger partial charge on any atom is 0.162 e. The Morgan fingerprint density at radius 3 is 2.80 bits per heavy atom. The van der Waals surface area contributed by atoms with E-state index >= 15 is 0 Å². The Hall–Kier alpha value is -3.85. The smallest absolute Gasteiger partial charge is 0.162 e. The summed E-state index contributed by atoms with van der Waals surface area (Å²) < 4.78 is 14.4. The van der Waals surface area contributed by atoms with Crippen LogP contribution in [0.5, 0.6) is 0 Å². The van der Waals surface area contributed by atoms with E-state index in [2.05, 4.69) is 52.5 Å². The number of hydrogen-bond donors (Lipinski definition) is 3. The zero-order valence-electron chi connectivity index (χ0n) is 23.4. The molecule has 0 radical (unpaired) electrons. The molecule has 3 aromatic heterocycles. The highest BCUT2D eigenvalue weighted by atomic mass is 19.1. The topological polar surface area (TPSA) is 105 Å². The summed E-state index contributed by atoms with van der Waals surface area (Å²) in [4.78, 5) is 21.5. The van der Waals surface area contributed by atoms with Crippen molar-refractivity contribution in [3.05, 3.63) is 77.5 Å². The van der Waals surface area contributed by atoms with Crippen molar-refractivity contribution in [2.24, 2.45) is 11.1 Å². The van der Waals surface area contributed by atoms with Crippen molar-refractivity contribution < 1.29 is 4.39 Å². The van der Waals surface area contributed by atoms with Gasteiger partial charge in [-0.3, -0.25) is 9.97 Å². The van der Waals surface area contributed by atoms with Gasteiger partial charge >= 0.3 is 0 Å². The van der Waals surface area contributed by atoms with Crippen LogP contribution in [0.3, 0.4) is 0 Å². The first kappa shape index (κ1) is 26.4. The first-order chi connectivity index (χ1) is 19.3. The zero-order valence-corrected chi connectivity index (χ0v) is 23.4. The molecule has 1 saturated heterocycles. The molecule has 8 nitrogen and oxygen atoms in total. The second-order valence-corrected chi connectivity index (χ2v) is 11.8. The first-order valence-corrected chi connectivity index (χ1v) is 14.1. The van der Waals surface area contributed by atoms with Crippen LogP contribution in [0.1, 0.15) is 62.5 Å². The minimum atomic E-state index is -0.462. The van der Waals surface area contributed by atoms with Crippen LogP contribution in [0.2, 0.25) is 0 Å². The van der Waals surface area contributed by atoms with Gasteiger partial charge in [0.25, 0.3) is 0 Å². The highest BCUT2D eigenvalue weighted by Gasteiger charge is 2.37. The number of nitrogens with two attached hydrogens (primary N) is 1.